The van der Waals surface area contributed by atoms with Gasteiger partial charge in [0.15, 0.2) is 0 Å². The van der Waals surface area contributed by atoms with E-state index in [4.69, 9.17) is 0 Å². The number of halogens is 1. The van der Waals surface area contributed by atoms with Gasteiger partial charge in [0.05, 0.1) is 0 Å². The van der Waals surface area contributed by atoms with Gasteiger partial charge in [0.1, 0.15) is 0 Å². The van der Waals surface area contributed by atoms with Crippen LogP contribution in [0.4, 0.5) is 4.70 Å². The van der Waals surface area contributed by atoms with Crippen molar-refractivity contribution in [1.29, 1.82) is 0 Å². The highest BCUT2D eigenvalue weighted by atomic mass is 19.0. The minimum Gasteiger partial charge on any atom is -0.378 e. The quantitative estimate of drug-likeness (QED) is 0.501. The topological polar surface area (TPSA) is 3.24 Å². The van der Waals surface area contributed by atoms with E-state index >= 15 is 0 Å². The van der Waals surface area contributed by atoms with Crippen LogP contribution >= 0.6 is 0 Å². The van der Waals surface area contributed by atoms with E-state index in [-0.39, 0.29) is 4.70 Å². The Balaban J connectivity index is 0.000000490. The van der Waals surface area contributed by atoms with E-state index in [2.05, 4.69) is 24.1 Å². The summed E-state index contributed by atoms with van der Waals surface area (Å²) in [4.78, 5) is 2.31. The van der Waals surface area contributed by atoms with E-state index in [1.54, 1.807) is 0 Å². The van der Waals surface area contributed by atoms with Crippen LogP contribution in [0.25, 0.3) is 0 Å². The average molecular weight is 117 g/mol. The second kappa shape index (κ2) is 3.47. The second-order valence-electron chi connectivity index (χ2n) is 1.80. The minimum atomic E-state index is 0. The van der Waals surface area contributed by atoms with Crippen LogP contribution < -0.4 is 0 Å². The molecule has 0 bridgehead atoms. The average Bonchev–Trinajstić information content (AvgIpc) is 2.14. The van der Waals surface area contributed by atoms with E-state index in [1.165, 1.54) is 13.0 Å². The summed E-state index contributed by atoms with van der Waals surface area (Å²) in [7, 11) is 0. The van der Waals surface area contributed by atoms with Gasteiger partial charge in [0, 0.05) is 13.1 Å². The first-order valence-corrected chi connectivity index (χ1v) is 2.84. The zero-order valence-electron chi connectivity index (χ0n) is 5.13. The number of hydrogen-bond donors (Lipinski definition) is 0. The monoisotopic (exact) mass is 117 g/mol. The van der Waals surface area contributed by atoms with Gasteiger partial charge in [0.25, 0.3) is 0 Å². The summed E-state index contributed by atoms with van der Waals surface area (Å²) >= 11 is 0. The Kier molecular flexibility index (Phi) is 3.24. The van der Waals surface area contributed by atoms with E-state index in [1.807, 2.05) is 0 Å². The van der Waals surface area contributed by atoms with E-state index in [0.29, 0.717) is 0 Å². The van der Waals surface area contributed by atoms with Crippen molar-refractivity contribution in [3.63, 3.8) is 0 Å². The van der Waals surface area contributed by atoms with Gasteiger partial charge in [-0.3, -0.25) is 4.70 Å². The van der Waals surface area contributed by atoms with Crippen LogP contribution in [0.3, 0.4) is 0 Å². The van der Waals surface area contributed by atoms with E-state index in [9.17, 15) is 0 Å². The molecule has 48 valence electrons. The molecule has 0 saturated heterocycles. The van der Waals surface area contributed by atoms with Gasteiger partial charge in [-0.15, -0.1) is 0 Å². The van der Waals surface area contributed by atoms with Crippen molar-refractivity contribution < 1.29 is 4.70 Å². The smallest absolute Gasteiger partial charge is 0.0207 e. The van der Waals surface area contributed by atoms with Gasteiger partial charge < -0.3 is 4.90 Å². The van der Waals surface area contributed by atoms with Crippen molar-refractivity contribution in [1.82, 2.24) is 4.90 Å². The summed E-state index contributed by atoms with van der Waals surface area (Å²) in [6.45, 7) is 4.57. The number of nitrogens with zero attached hydrogens (tertiary/aromatic N) is 1. The summed E-state index contributed by atoms with van der Waals surface area (Å²) in [6, 6.07) is 0. The SMILES string of the molecule is CCN1C=CCC1.F. The maximum absolute atomic E-state index is 2.31. The third kappa shape index (κ3) is 1.52. The molecule has 0 aromatic rings. The van der Waals surface area contributed by atoms with Crippen molar-refractivity contribution in [3.05, 3.63) is 12.3 Å². The maximum Gasteiger partial charge on any atom is 0.0207 e. The molecule has 0 unspecified atom stereocenters. The molecule has 1 aliphatic heterocycles. The molecule has 0 aromatic carbocycles. The van der Waals surface area contributed by atoms with E-state index in [0.717, 1.165) is 6.54 Å². The lowest BCUT2D eigenvalue weighted by Crippen LogP contribution is -2.12. The van der Waals surface area contributed by atoms with Crippen LogP contribution in [0, 0.1) is 0 Å². The highest BCUT2D eigenvalue weighted by molar-refractivity contribution is 4.89. The van der Waals surface area contributed by atoms with E-state index < -0.39 is 0 Å². The Morgan fingerprint density at radius 3 is 2.62 bits per heavy atom. The molecule has 2 heteroatoms. The number of rotatable bonds is 1. The minimum absolute atomic E-state index is 0. The molecule has 0 aliphatic carbocycles. The second-order valence-corrected chi connectivity index (χ2v) is 1.80. The molecule has 1 heterocycles. The molecular weight excluding hydrogens is 105 g/mol. The Bertz CT molecular complexity index is 80.6. The first kappa shape index (κ1) is 7.47. The van der Waals surface area contributed by atoms with Crippen molar-refractivity contribution in [2.24, 2.45) is 0 Å². The molecule has 1 aliphatic rings. The molecule has 0 atom stereocenters. The van der Waals surface area contributed by atoms with Gasteiger partial charge >= 0.3 is 0 Å². The van der Waals surface area contributed by atoms with Crippen LogP contribution in [0.2, 0.25) is 0 Å². The standard InChI is InChI=1S/C6H11N.FH/c1-2-7-5-3-4-6-7;/h3,5H,2,4,6H2,1H3;1H. The van der Waals surface area contributed by atoms with Crippen molar-refractivity contribution in [3.8, 4) is 0 Å². The fourth-order valence-corrected chi connectivity index (χ4v) is 0.802. The maximum atomic E-state index is 2.31. The fourth-order valence-electron chi connectivity index (χ4n) is 0.802. The van der Waals surface area contributed by atoms with Gasteiger partial charge in [-0.1, -0.05) is 6.08 Å². The molecule has 0 N–H and O–H groups in total. The Morgan fingerprint density at radius 2 is 2.38 bits per heavy atom. The van der Waals surface area contributed by atoms with Crippen LogP contribution in [0.1, 0.15) is 13.3 Å². The summed E-state index contributed by atoms with van der Waals surface area (Å²) in [6.07, 6.45) is 5.62. The van der Waals surface area contributed by atoms with Crippen LogP contribution in [0.5, 0.6) is 0 Å². The lowest BCUT2D eigenvalue weighted by atomic mass is 10.5. The van der Waals surface area contributed by atoms with Crippen LogP contribution in [0.15, 0.2) is 12.3 Å². The molecule has 1 nitrogen and oxygen atoms in total. The summed E-state index contributed by atoms with van der Waals surface area (Å²) in [5.74, 6) is 0. The largest absolute Gasteiger partial charge is 0.378 e. The molecule has 0 aromatic heterocycles. The predicted octanol–water partition coefficient (Wildman–Crippen LogP) is 1.38. The highest BCUT2D eigenvalue weighted by Gasteiger charge is 1.97. The number of hydrogen-bond acceptors (Lipinski definition) is 1. The molecular formula is C6H12FN. The molecule has 1 rings (SSSR count). The van der Waals surface area contributed by atoms with Gasteiger partial charge in [-0.25, -0.2) is 0 Å². The summed E-state index contributed by atoms with van der Waals surface area (Å²) in [5.41, 5.74) is 0. The normalized spacial score (nSPS) is 16.4. The van der Waals surface area contributed by atoms with Gasteiger partial charge in [-0.05, 0) is 19.5 Å². The fraction of sp³-hybridized carbons (Fsp3) is 0.667. The Morgan fingerprint density at radius 1 is 1.62 bits per heavy atom. The molecule has 0 spiro atoms. The van der Waals surface area contributed by atoms with Gasteiger partial charge in [-0.2, -0.15) is 0 Å². The highest BCUT2D eigenvalue weighted by Crippen LogP contribution is 2.00. The summed E-state index contributed by atoms with van der Waals surface area (Å²) in [5, 5.41) is 0. The first-order chi connectivity index (χ1) is 3.43. The molecule has 0 fully saturated rings. The third-order valence-corrected chi connectivity index (χ3v) is 1.31. The molecule has 0 radical (unpaired) electrons. The molecule has 8 heavy (non-hydrogen) atoms. The van der Waals surface area contributed by atoms with Crippen LogP contribution in [-0.4, -0.2) is 18.0 Å². The zero-order chi connectivity index (χ0) is 5.11. The van der Waals surface area contributed by atoms with Crippen LogP contribution in [-0.2, 0) is 0 Å². The molecule has 0 saturated carbocycles. The lowest BCUT2D eigenvalue weighted by molar-refractivity contribution is 0.430. The van der Waals surface area contributed by atoms with Crippen molar-refractivity contribution >= 4 is 0 Å². The van der Waals surface area contributed by atoms with Crippen molar-refractivity contribution in [2.45, 2.75) is 13.3 Å². The Labute approximate surface area is 49.4 Å². The predicted molar refractivity (Wildman–Crippen MR) is 33.5 cm³/mol. The first-order valence-electron chi connectivity index (χ1n) is 2.84. The molecule has 0 amide bonds. The lowest BCUT2D eigenvalue weighted by Gasteiger charge is -2.09. The van der Waals surface area contributed by atoms with Gasteiger partial charge in [0.2, 0.25) is 0 Å². The van der Waals surface area contributed by atoms with Crippen molar-refractivity contribution in [2.75, 3.05) is 13.1 Å². The summed E-state index contributed by atoms with van der Waals surface area (Å²) < 4.78 is 0. The zero-order valence-corrected chi connectivity index (χ0v) is 5.13. The third-order valence-electron chi connectivity index (χ3n) is 1.31. The Hall–Kier alpha value is -0.530.